The Kier molecular flexibility index (Phi) is 7.75. The number of hydrogen-bond acceptors (Lipinski definition) is 7. The quantitative estimate of drug-likeness (QED) is 0.248. The van der Waals surface area contributed by atoms with Crippen molar-refractivity contribution in [2.24, 2.45) is 0 Å². The molecule has 0 spiro atoms. The van der Waals surface area contributed by atoms with Crippen LogP contribution in [0.15, 0.2) is 60.7 Å². The van der Waals surface area contributed by atoms with Crippen LogP contribution in [0.3, 0.4) is 0 Å². The highest BCUT2D eigenvalue weighted by Crippen LogP contribution is 2.34. The van der Waals surface area contributed by atoms with Gasteiger partial charge in [-0.25, -0.2) is 14.4 Å². The molecule has 0 aliphatic carbocycles. The highest BCUT2D eigenvalue weighted by Gasteiger charge is 2.23. The molecular weight excluding hydrogens is 529 g/mol. The van der Waals surface area contributed by atoms with Crippen LogP contribution in [0.1, 0.15) is 28.2 Å². The molecule has 0 saturated carbocycles. The second kappa shape index (κ2) is 11.8. The van der Waals surface area contributed by atoms with E-state index in [2.05, 4.69) is 61.5 Å². The van der Waals surface area contributed by atoms with Crippen molar-refractivity contribution in [2.45, 2.75) is 26.8 Å². The van der Waals surface area contributed by atoms with Gasteiger partial charge >= 0.3 is 0 Å². The van der Waals surface area contributed by atoms with Gasteiger partial charge in [-0.2, -0.15) is 4.98 Å². The second-order valence-corrected chi connectivity index (χ2v) is 11.1. The molecule has 6 rings (SSSR count). The topological polar surface area (TPSA) is 82.2 Å². The number of rotatable bonds is 8. The fraction of sp³-hybridized carbons (Fsp3) is 0.303. The number of aromatic nitrogens is 4. The highest BCUT2D eigenvalue weighted by atomic mass is 19.1. The van der Waals surface area contributed by atoms with Crippen molar-refractivity contribution in [3.05, 3.63) is 94.7 Å². The standard InChI is InChI=1S/C33H36FN7O/c1-21-28(17-23-5-9-27(34)10-6-23)32(39-33(36-21)35-13-14-40(3)4)41-15-16-42-31-12-8-24(18-26(31)20-41)25-7-11-29-30(19-25)38-22(2)37-29/h5-12,18-19H,13-17,20H2,1-4H3,(H,37,38)(H,35,36,39). The summed E-state index contributed by atoms with van der Waals surface area (Å²) < 4.78 is 19.9. The summed E-state index contributed by atoms with van der Waals surface area (Å²) in [5.41, 5.74) is 8.25. The van der Waals surface area contributed by atoms with Gasteiger partial charge in [0.25, 0.3) is 0 Å². The van der Waals surface area contributed by atoms with Gasteiger partial charge in [-0.1, -0.05) is 24.3 Å². The molecule has 216 valence electrons. The number of H-pyrrole nitrogens is 1. The van der Waals surface area contributed by atoms with Crippen LogP contribution >= 0.6 is 0 Å². The van der Waals surface area contributed by atoms with Gasteiger partial charge in [0, 0.05) is 42.9 Å². The van der Waals surface area contributed by atoms with Gasteiger partial charge in [0.2, 0.25) is 5.95 Å². The van der Waals surface area contributed by atoms with E-state index < -0.39 is 0 Å². The molecule has 3 heterocycles. The van der Waals surface area contributed by atoms with Crippen molar-refractivity contribution < 1.29 is 9.13 Å². The third kappa shape index (κ3) is 6.06. The van der Waals surface area contributed by atoms with Gasteiger partial charge in [-0.3, -0.25) is 0 Å². The highest BCUT2D eigenvalue weighted by molar-refractivity contribution is 5.82. The summed E-state index contributed by atoms with van der Waals surface area (Å²) in [5.74, 6) is 3.02. The van der Waals surface area contributed by atoms with Gasteiger partial charge in [0.15, 0.2) is 0 Å². The molecule has 0 fully saturated rings. The number of halogens is 1. The van der Waals surface area contributed by atoms with Crippen molar-refractivity contribution in [1.82, 2.24) is 24.8 Å². The van der Waals surface area contributed by atoms with Crippen molar-refractivity contribution >= 4 is 22.8 Å². The lowest BCUT2D eigenvalue weighted by Crippen LogP contribution is -2.29. The van der Waals surface area contributed by atoms with Crippen LogP contribution in [0.4, 0.5) is 16.2 Å². The zero-order valence-corrected chi connectivity index (χ0v) is 24.5. The summed E-state index contributed by atoms with van der Waals surface area (Å²) in [6.45, 7) is 7.44. The minimum Gasteiger partial charge on any atom is -0.491 e. The van der Waals surface area contributed by atoms with Crippen LogP contribution < -0.4 is 15.0 Å². The van der Waals surface area contributed by atoms with E-state index in [0.29, 0.717) is 32.1 Å². The minimum atomic E-state index is -0.244. The van der Waals surface area contributed by atoms with Gasteiger partial charge in [0.05, 0.1) is 17.6 Å². The van der Waals surface area contributed by atoms with Crippen molar-refractivity contribution in [1.29, 1.82) is 0 Å². The Bertz CT molecular complexity index is 1710. The molecule has 2 N–H and O–H groups in total. The molecule has 3 aromatic carbocycles. The monoisotopic (exact) mass is 565 g/mol. The largest absolute Gasteiger partial charge is 0.491 e. The molecule has 0 radical (unpaired) electrons. The molecule has 0 bridgehead atoms. The van der Waals surface area contributed by atoms with E-state index in [4.69, 9.17) is 14.7 Å². The number of benzene rings is 3. The predicted molar refractivity (Wildman–Crippen MR) is 166 cm³/mol. The zero-order valence-electron chi connectivity index (χ0n) is 24.5. The maximum atomic E-state index is 13.7. The van der Waals surface area contributed by atoms with Crippen LogP contribution in [0, 0.1) is 19.7 Å². The van der Waals surface area contributed by atoms with Crippen LogP contribution in [0.5, 0.6) is 5.75 Å². The fourth-order valence-electron chi connectivity index (χ4n) is 5.40. The minimum absolute atomic E-state index is 0.244. The van der Waals surface area contributed by atoms with E-state index in [1.54, 1.807) is 0 Å². The number of aromatic amines is 1. The van der Waals surface area contributed by atoms with E-state index in [9.17, 15) is 4.39 Å². The van der Waals surface area contributed by atoms with Gasteiger partial charge in [-0.15, -0.1) is 0 Å². The van der Waals surface area contributed by atoms with Gasteiger partial charge in [0.1, 0.15) is 29.8 Å². The van der Waals surface area contributed by atoms with E-state index in [-0.39, 0.29) is 5.82 Å². The fourth-order valence-corrected chi connectivity index (χ4v) is 5.40. The molecular formula is C33H36FN7O. The Labute approximate surface area is 245 Å². The van der Waals surface area contributed by atoms with Crippen molar-refractivity contribution in [3.8, 4) is 16.9 Å². The number of ether oxygens (including phenoxy) is 1. The molecule has 0 amide bonds. The molecule has 5 aromatic rings. The lowest BCUT2D eigenvalue weighted by Gasteiger charge is -2.26. The number of nitrogens with zero attached hydrogens (tertiary/aromatic N) is 5. The summed E-state index contributed by atoms with van der Waals surface area (Å²) in [6.07, 6.45) is 0.604. The first-order chi connectivity index (χ1) is 20.3. The molecule has 0 unspecified atom stereocenters. The van der Waals surface area contributed by atoms with E-state index in [1.165, 1.54) is 12.1 Å². The number of imidazole rings is 1. The zero-order chi connectivity index (χ0) is 29.2. The maximum Gasteiger partial charge on any atom is 0.224 e. The van der Waals surface area contributed by atoms with Crippen molar-refractivity contribution in [3.63, 3.8) is 0 Å². The lowest BCUT2D eigenvalue weighted by molar-refractivity contribution is 0.331. The molecule has 8 nitrogen and oxygen atoms in total. The molecule has 2 aromatic heterocycles. The normalized spacial score (nSPS) is 13.2. The molecule has 9 heteroatoms. The summed E-state index contributed by atoms with van der Waals surface area (Å²) in [6, 6.07) is 19.4. The third-order valence-electron chi connectivity index (χ3n) is 7.60. The Morgan fingerprint density at radius 3 is 2.57 bits per heavy atom. The summed E-state index contributed by atoms with van der Waals surface area (Å²) in [5, 5.41) is 3.40. The van der Waals surface area contributed by atoms with E-state index in [0.717, 1.165) is 75.0 Å². The average Bonchev–Trinajstić information content (AvgIpc) is 3.20. The van der Waals surface area contributed by atoms with Crippen LogP contribution in [-0.2, 0) is 13.0 Å². The molecule has 42 heavy (non-hydrogen) atoms. The predicted octanol–water partition coefficient (Wildman–Crippen LogP) is 5.74. The molecule has 0 atom stereocenters. The number of anilines is 2. The number of nitrogens with one attached hydrogen (secondary N) is 2. The number of likely N-dealkylation sites (N-methyl/N-ethyl adjacent to an activating group) is 1. The first kappa shape index (κ1) is 27.7. The first-order valence-electron chi connectivity index (χ1n) is 14.3. The molecule has 0 saturated heterocycles. The number of hydrogen-bond donors (Lipinski definition) is 2. The summed E-state index contributed by atoms with van der Waals surface area (Å²) in [4.78, 5) is 22.1. The van der Waals surface area contributed by atoms with Gasteiger partial charge in [-0.05, 0) is 81.0 Å². The Balaban J connectivity index is 1.35. The SMILES string of the molecule is Cc1nc2ccc(-c3ccc4c(c3)CN(c3nc(NCCN(C)C)nc(C)c3Cc3ccc(F)cc3)CCO4)cc2[nH]1. The van der Waals surface area contributed by atoms with E-state index >= 15 is 0 Å². The lowest BCUT2D eigenvalue weighted by atomic mass is 10.0. The van der Waals surface area contributed by atoms with Crippen LogP contribution in [0.2, 0.25) is 0 Å². The van der Waals surface area contributed by atoms with Crippen LogP contribution in [-0.4, -0.2) is 65.2 Å². The Morgan fingerprint density at radius 1 is 0.976 bits per heavy atom. The Morgan fingerprint density at radius 2 is 1.76 bits per heavy atom. The number of fused-ring (bicyclic) bond motifs is 2. The van der Waals surface area contributed by atoms with E-state index in [1.807, 2.05) is 40.1 Å². The molecule has 1 aliphatic heterocycles. The third-order valence-corrected chi connectivity index (χ3v) is 7.60. The summed E-state index contributed by atoms with van der Waals surface area (Å²) >= 11 is 0. The van der Waals surface area contributed by atoms with Crippen molar-refractivity contribution in [2.75, 3.05) is 50.6 Å². The van der Waals surface area contributed by atoms with Gasteiger partial charge < -0.3 is 24.8 Å². The smallest absolute Gasteiger partial charge is 0.224 e. The average molecular weight is 566 g/mol. The number of aryl methyl sites for hydroxylation is 2. The summed E-state index contributed by atoms with van der Waals surface area (Å²) in [7, 11) is 4.09. The Hall–Kier alpha value is -4.50. The second-order valence-electron chi connectivity index (χ2n) is 11.1. The molecule has 1 aliphatic rings. The maximum absolute atomic E-state index is 13.7. The first-order valence-corrected chi connectivity index (χ1v) is 14.3. The van der Waals surface area contributed by atoms with Crippen LogP contribution in [0.25, 0.3) is 22.2 Å².